The molecule has 3 N–H and O–H groups in total. The number of unbranched alkanes of at least 4 members (excludes halogenated alkanes) is 6. The summed E-state index contributed by atoms with van der Waals surface area (Å²) in [6.07, 6.45) is 11.4. The number of nitrogens with one attached hydrogen (secondary N) is 1. The summed E-state index contributed by atoms with van der Waals surface area (Å²) in [6, 6.07) is -0.436. The van der Waals surface area contributed by atoms with E-state index in [-0.39, 0.29) is 11.8 Å². The molecule has 2 rings (SSSR count). The molecule has 0 aromatic rings. The summed E-state index contributed by atoms with van der Waals surface area (Å²) in [7, 11) is 0. The van der Waals surface area contributed by atoms with Crippen LogP contribution in [-0.2, 0) is 14.4 Å². The highest BCUT2D eigenvalue weighted by molar-refractivity contribution is 5.96. The molecule has 2 fully saturated rings. The lowest BCUT2D eigenvalue weighted by Gasteiger charge is -2.25. The molecule has 1 aliphatic heterocycles. The summed E-state index contributed by atoms with van der Waals surface area (Å²) in [5.74, 6) is -0.628. The van der Waals surface area contributed by atoms with Crippen molar-refractivity contribution in [3.63, 3.8) is 0 Å². The van der Waals surface area contributed by atoms with Crippen molar-refractivity contribution in [3.8, 4) is 0 Å². The number of amides is 3. The van der Waals surface area contributed by atoms with E-state index in [0.29, 0.717) is 32.2 Å². The molecule has 1 aliphatic carbocycles. The second-order valence-electron chi connectivity index (χ2n) is 7.55. The number of hydrogen-bond acceptors (Lipinski definition) is 3. The first-order valence-electron chi connectivity index (χ1n) is 9.91. The third kappa shape index (κ3) is 5.44. The van der Waals surface area contributed by atoms with Gasteiger partial charge in [-0.15, -0.1) is 0 Å². The maximum absolute atomic E-state index is 12.5. The van der Waals surface area contributed by atoms with Gasteiger partial charge in [0.2, 0.25) is 17.7 Å². The molecule has 0 aromatic carbocycles. The molecule has 25 heavy (non-hydrogen) atoms. The minimum Gasteiger partial charge on any atom is -0.368 e. The molecule has 2 aliphatic rings. The number of carbonyl (C=O) groups is 3. The normalized spacial score (nSPS) is 21.2. The van der Waals surface area contributed by atoms with Gasteiger partial charge in [-0.05, 0) is 32.1 Å². The van der Waals surface area contributed by atoms with E-state index in [1.54, 1.807) is 4.90 Å². The largest absolute Gasteiger partial charge is 0.368 e. The number of primary amides is 1. The van der Waals surface area contributed by atoms with Crippen molar-refractivity contribution in [1.82, 2.24) is 10.2 Å². The van der Waals surface area contributed by atoms with Gasteiger partial charge in [0.1, 0.15) is 11.6 Å². The minimum atomic E-state index is -0.854. The average Bonchev–Trinajstić information content (AvgIpc) is 3.20. The lowest BCUT2D eigenvalue weighted by Crippen LogP contribution is -2.53. The zero-order valence-electron chi connectivity index (χ0n) is 15.5. The summed E-state index contributed by atoms with van der Waals surface area (Å²) < 4.78 is 0. The molecular formula is C19H33N3O3. The van der Waals surface area contributed by atoms with Crippen LogP contribution in [0.3, 0.4) is 0 Å². The third-order valence-electron chi connectivity index (χ3n) is 5.45. The summed E-state index contributed by atoms with van der Waals surface area (Å²) in [6.45, 7) is 2.84. The zero-order chi connectivity index (χ0) is 18.3. The number of rotatable bonds is 11. The van der Waals surface area contributed by atoms with Crippen molar-refractivity contribution in [2.75, 3.05) is 6.54 Å². The van der Waals surface area contributed by atoms with Gasteiger partial charge in [-0.3, -0.25) is 14.4 Å². The van der Waals surface area contributed by atoms with Gasteiger partial charge in [0, 0.05) is 13.0 Å². The molecule has 0 aromatic heterocycles. The van der Waals surface area contributed by atoms with Crippen LogP contribution in [0.25, 0.3) is 0 Å². The molecule has 0 radical (unpaired) electrons. The molecule has 0 unspecified atom stereocenters. The van der Waals surface area contributed by atoms with Crippen molar-refractivity contribution < 1.29 is 14.4 Å². The second-order valence-corrected chi connectivity index (χ2v) is 7.55. The monoisotopic (exact) mass is 351 g/mol. The first kappa shape index (κ1) is 19.7. The summed E-state index contributed by atoms with van der Waals surface area (Å²) in [4.78, 5) is 38.1. The van der Waals surface area contributed by atoms with Crippen molar-refractivity contribution in [2.24, 2.45) is 5.73 Å². The van der Waals surface area contributed by atoms with E-state index in [2.05, 4.69) is 12.2 Å². The quantitative estimate of drug-likeness (QED) is 0.559. The molecule has 1 heterocycles. The van der Waals surface area contributed by atoms with Crippen LogP contribution in [0.2, 0.25) is 0 Å². The maximum Gasteiger partial charge on any atom is 0.243 e. The van der Waals surface area contributed by atoms with Crippen LogP contribution in [0.5, 0.6) is 0 Å². The van der Waals surface area contributed by atoms with Gasteiger partial charge in [-0.25, -0.2) is 0 Å². The van der Waals surface area contributed by atoms with Crippen LogP contribution in [0, 0.1) is 0 Å². The van der Waals surface area contributed by atoms with Crippen LogP contribution in [0.4, 0.5) is 0 Å². The Kier molecular flexibility index (Phi) is 7.26. The molecular weight excluding hydrogens is 318 g/mol. The molecule has 1 saturated heterocycles. The fourth-order valence-corrected chi connectivity index (χ4v) is 3.59. The highest BCUT2D eigenvalue weighted by Crippen LogP contribution is 2.35. The Bertz CT molecular complexity index is 488. The molecule has 6 heteroatoms. The number of carbonyl (C=O) groups excluding carboxylic acids is 3. The second kappa shape index (κ2) is 9.20. The van der Waals surface area contributed by atoms with E-state index in [0.717, 1.165) is 19.3 Å². The van der Waals surface area contributed by atoms with Gasteiger partial charge < -0.3 is 16.0 Å². The van der Waals surface area contributed by atoms with E-state index in [9.17, 15) is 14.4 Å². The van der Waals surface area contributed by atoms with Gasteiger partial charge in [-0.2, -0.15) is 0 Å². The van der Waals surface area contributed by atoms with E-state index >= 15 is 0 Å². The van der Waals surface area contributed by atoms with E-state index in [4.69, 9.17) is 5.73 Å². The van der Waals surface area contributed by atoms with Crippen LogP contribution >= 0.6 is 0 Å². The highest BCUT2D eigenvalue weighted by atomic mass is 16.2. The van der Waals surface area contributed by atoms with E-state index in [1.165, 1.54) is 32.1 Å². The molecule has 0 spiro atoms. The van der Waals surface area contributed by atoms with Gasteiger partial charge in [-0.1, -0.05) is 45.4 Å². The Hall–Kier alpha value is -1.59. The Morgan fingerprint density at radius 3 is 2.32 bits per heavy atom. The number of hydrogen-bond donors (Lipinski definition) is 2. The SMILES string of the molecule is CCCCCCCCCC(=O)N1CCC[C@H]1C(=O)NC1(C(N)=O)CC1. The fraction of sp³-hybridized carbons (Fsp3) is 0.842. The van der Waals surface area contributed by atoms with Crippen molar-refractivity contribution in [2.45, 2.75) is 95.6 Å². The summed E-state index contributed by atoms with van der Waals surface area (Å²) >= 11 is 0. The molecule has 1 saturated carbocycles. The number of nitrogens with zero attached hydrogens (tertiary/aromatic N) is 1. The topological polar surface area (TPSA) is 92.5 Å². The summed E-state index contributed by atoms with van der Waals surface area (Å²) in [5.41, 5.74) is 4.51. The maximum atomic E-state index is 12.5. The number of nitrogens with two attached hydrogens (primary N) is 1. The standard InChI is InChI=1S/C19H33N3O3/c1-2-3-4-5-6-7-8-11-16(23)22-14-9-10-15(22)17(24)21-19(12-13-19)18(20)25/h15H,2-14H2,1H3,(H2,20,25)(H,21,24)/t15-/m0/s1. The molecule has 0 bridgehead atoms. The zero-order valence-corrected chi connectivity index (χ0v) is 15.5. The lowest BCUT2D eigenvalue weighted by atomic mass is 10.1. The van der Waals surface area contributed by atoms with Gasteiger partial charge in [0.05, 0.1) is 0 Å². The number of likely N-dealkylation sites (tertiary alicyclic amines) is 1. The predicted octanol–water partition coefficient (Wildman–Crippen LogP) is 2.25. The Morgan fingerprint density at radius 2 is 1.72 bits per heavy atom. The summed E-state index contributed by atoms with van der Waals surface area (Å²) in [5, 5.41) is 2.78. The lowest BCUT2D eigenvalue weighted by molar-refractivity contribution is -0.139. The van der Waals surface area contributed by atoms with E-state index < -0.39 is 17.5 Å². The van der Waals surface area contributed by atoms with Crippen LogP contribution in [0.1, 0.15) is 84.0 Å². The first-order chi connectivity index (χ1) is 12.0. The van der Waals surface area contributed by atoms with Gasteiger partial charge in [0.25, 0.3) is 0 Å². The minimum absolute atomic E-state index is 0.0649. The van der Waals surface area contributed by atoms with Crippen LogP contribution in [-0.4, -0.2) is 40.7 Å². The van der Waals surface area contributed by atoms with E-state index in [1.807, 2.05) is 0 Å². The van der Waals surface area contributed by atoms with Crippen molar-refractivity contribution in [3.05, 3.63) is 0 Å². The smallest absolute Gasteiger partial charge is 0.243 e. The predicted molar refractivity (Wildman–Crippen MR) is 96.6 cm³/mol. The van der Waals surface area contributed by atoms with Crippen LogP contribution in [0.15, 0.2) is 0 Å². The molecule has 3 amide bonds. The molecule has 1 atom stereocenters. The Balaban J connectivity index is 1.71. The molecule has 6 nitrogen and oxygen atoms in total. The van der Waals surface area contributed by atoms with Crippen molar-refractivity contribution in [1.29, 1.82) is 0 Å². The average molecular weight is 351 g/mol. The van der Waals surface area contributed by atoms with Crippen LogP contribution < -0.4 is 11.1 Å². The first-order valence-corrected chi connectivity index (χ1v) is 9.91. The fourth-order valence-electron chi connectivity index (χ4n) is 3.59. The highest BCUT2D eigenvalue weighted by Gasteiger charge is 2.51. The van der Waals surface area contributed by atoms with Gasteiger partial charge >= 0.3 is 0 Å². The molecule has 142 valence electrons. The Labute approximate surface area is 150 Å². The van der Waals surface area contributed by atoms with Crippen molar-refractivity contribution >= 4 is 17.7 Å². The Morgan fingerprint density at radius 1 is 1.08 bits per heavy atom. The third-order valence-corrected chi connectivity index (χ3v) is 5.45. The van der Waals surface area contributed by atoms with Gasteiger partial charge in [0.15, 0.2) is 0 Å².